The third-order valence-corrected chi connectivity index (χ3v) is 7.36. The summed E-state index contributed by atoms with van der Waals surface area (Å²) in [5, 5.41) is 17.0. The predicted molar refractivity (Wildman–Crippen MR) is 125 cm³/mol. The molecule has 1 saturated carbocycles. The average Bonchev–Trinajstić information content (AvgIpc) is 3.45. The van der Waals surface area contributed by atoms with E-state index in [9.17, 15) is 10.1 Å². The minimum absolute atomic E-state index is 0.0824. The van der Waals surface area contributed by atoms with E-state index in [0.29, 0.717) is 28.1 Å². The lowest BCUT2D eigenvalue weighted by atomic mass is 9.76. The predicted octanol–water partition coefficient (Wildman–Crippen LogP) is 4.65. The number of aromatic nitrogens is 1. The SMILES string of the molecule is CN(C)C(=O)c1ccc2c(n1)CCC1C2=NN(c2ccc(C#N)c(Cl)c2)C1C1CCCC1. The Morgan fingerprint density at radius 3 is 2.66 bits per heavy atom. The Balaban J connectivity index is 1.56. The Kier molecular flexibility index (Phi) is 5.38. The van der Waals surface area contributed by atoms with Crippen LogP contribution in [0.3, 0.4) is 0 Å². The van der Waals surface area contributed by atoms with E-state index >= 15 is 0 Å². The van der Waals surface area contributed by atoms with E-state index in [-0.39, 0.29) is 11.9 Å². The highest BCUT2D eigenvalue weighted by molar-refractivity contribution is 6.32. The number of fused-ring (bicyclic) bond motifs is 3. The topological polar surface area (TPSA) is 72.6 Å². The number of hydrogen-bond donors (Lipinski definition) is 0. The summed E-state index contributed by atoms with van der Waals surface area (Å²) >= 11 is 6.38. The van der Waals surface area contributed by atoms with Gasteiger partial charge in [0.25, 0.3) is 5.91 Å². The van der Waals surface area contributed by atoms with Gasteiger partial charge < -0.3 is 4.90 Å². The van der Waals surface area contributed by atoms with Crippen molar-refractivity contribution in [2.24, 2.45) is 16.9 Å². The molecule has 1 amide bonds. The second kappa shape index (κ2) is 8.22. The molecule has 1 aromatic carbocycles. The fraction of sp³-hybridized carbons (Fsp3) is 0.440. The van der Waals surface area contributed by atoms with Crippen LogP contribution in [0, 0.1) is 23.2 Å². The first-order valence-electron chi connectivity index (χ1n) is 11.3. The lowest BCUT2D eigenvalue weighted by Gasteiger charge is -2.34. The third-order valence-electron chi connectivity index (χ3n) is 7.05. The average molecular weight is 448 g/mol. The number of rotatable bonds is 3. The van der Waals surface area contributed by atoms with E-state index in [2.05, 4.69) is 11.1 Å². The summed E-state index contributed by atoms with van der Waals surface area (Å²) in [6.45, 7) is 0. The molecule has 32 heavy (non-hydrogen) atoms. The Labute approximate surface area is 193 Å². The molecule has 0 N–H and O–H groups in total. The van der Waals surface area contributed by atoms with Crippen molar-refractivity contribution in [3.05, 3.63) is 57.9 Å². The number of nitriles is 1. The number of hydrogen-bond acceptors (Lipinski definition) is 5. The standard InChI is InChI=1S/C25H26ClN5O/c1-30(2)25(32)22-12-9-18-21(28-22)11-10-19-23(18)29-31(24(19)15-5-3-4-6-15)17-8-7-16(14-27)20(26)13-17/h7-9,12-13,15,19,24H,3-6,10-11H2,1-2H3. The van der Waals surface area contributed by atoms with Crippen LogP contribution in [0.4, 0.5) is 5.69 Å². The van der Waals surface area contributed by atoms with Crippen LogP contribution < -0.4 is 5.01 Å². The molecule has 6 nitrogen and oxygen atoms in total. The van der Waals surface area contributed by atoms with Gasteiger partial charge in [-0.05, 0) is 61.9 Å². The van der Waals surface area contributed by atoms with Gasteiger partial charge in [0.15, 0.2) is 0 Å². The quantitative estimate of drug-likeness (QED) is 0.686. The van der Waals surface area contributed by atoms with Gasteiger partial charge in [-0.1, -0.05) is 24.4 Å². The number of nitrogens with zero attached hydrogens (tertiary/aromatic N) is 5. The van der Waals surface area contributed by atoms with E-state index in [1.165, 1.54) is 25.7 Å². The molecule has 0 spiro atoms. The number of carbonyl (C=O) groups is 1. The minimum atomic E-state index is -0.0824. The molecule has 1 fully saturated rings. The van der Waals surface area contributed by atoms with Gasteiger partial charge in [-0.3, -0.25) is 9.80 Å². The third kappa shape index (κ3) is 3.45. The van der Waals surface area contributed by atoms with E-state index in [4.69, 9.17) is 21.7 Å². The van der Waals surface area contributed by atoms with Gasteiger partial charge in [-0.2, -0.15) is 10.4 Å². The Hall–Kier alpha value is -2.91. The number of aryl methyl sites for hydroxylation is 1. The van der Waals surface area contributed by atoms with Crippen molar-refractivity contribution in [1.29, 1.82) is 5.26 Å². The molecule has 2 atom stereocenters. The largest absolute Gasteiger partial charge is 0.343 e. The zero-order chi connectivity index (χ0) is 22.4. The molecule has 0 bridgehead atoms. The maximum absolute atomic E-state index is 12.4. The second-order valence-corrected chi connectivity index (χ2v) is 9.58. The molecule has 2 unspecified atom stereocenters. The van der Waals surface area contributed by atoms with Crippen molar-refractivity contribution in [3.63, 3.8) is 0 Å². The lowest BCUT2D eigenvalue weighted by Crippen LogP contribution is -2.40. The van der Waals surface area contributed by atoms with E-state index < -0.39 is 0 Å². The first-order valence-corrected chi connectivity index (χ1v) is 11.6. The molecule has 1 aliphatic heterocycles. The van der Waals surface area contributed by atoms with Crippen molar-refractivity contribution in [2.75, 3.05) is 19.1 Å². The first kappa shape index (κ1) is 21.0. The zero-order valence-electron chi connectivity index (χ0n) is 18.4. The monoisotopic (exact) mass is 447 g/mol. The number of benzene rings is 1. The number of pyridine rings is 1. The fourth-order valence-electron chi connectivity index (χ4n) is 5.51. The van der Waals surface area contributed by atoms with Crippen LogP contribution in [0.15, 0.2) is 35.4 Å². The maximum atomic E-state index is 12.4. The zero-order valence-corrected chi connectivity index (χ0v) is 19.1. The van der Waals surface area contributed by atoms with Gasteiger partial charge >= 0.3 is 0 Å². The maximum Gasteiger partial charge on any atom is 0.271 e. The summed E-state index contributed by atoms with van der Waals surface area (Å²) in [6.07, 6.45) is 6.77. The molecule has 2 heterocycles. The Morgan fingerprint density at radius 2 is 1.97 bits per heavy atom. The molecule has 2 aromatic rings. The summed E-state index contributed by atoms with van der Waals surface area (Å²) < 4.78 is 0. The van der Waals surface area contributed by atoms with Crippen LogP contribution in [0.25, 0.3) is 0 Å². The molecule has 1 aromatic heterocycles. The van der Waals surface area contributed by atoms with Gasteiger partial charge in [0.2, 0.25) is 0 Å². The number of carbonyl (C=O) groups excluding carboxylic acids is 1. The molecule has 0 saturated heterocycles. The van der Waals surface area contributed by atoms with E-state index in [1.54, 1.807) is 25.1 Å². The Morgan fingerprint density at radius 1 is 1.19 bits per heavy atom. The molecule has 5 rings (SSSR count). The van der Waals surface area contributed by atoms with Gasteiger partial charge in [0.1, 0.15) is 11.8 Å². The van der Waals surface area contributed by atoms with E-state index in [1.807, 2.05) is 24.3 Å². The van der Waals surface area contributed by atoms with Crippen molar-refractivity contribution in [1.82, 2.24) is 9.88 Å². The molecule has 164 valence electrons. The van der Waals surface area contributed by atoms with Gasteiger partial charge in [-0.25, -0.2) is 4.98 Å². The summed E-state index contributed by atoms with van der Waals surface area (Å²) in [6, 6.07) is 11.9. The molecular weight excluding hydrogens is 422 g/mol. The molecular formula is C25H26ClN5O. The van der Waals surface area contributed by atoms with Crippen LogP contribution >= 0.6 is 11.6 Å². The van der Waals surface area contributed by atoms with Crippen LogP contribution in [0.1, 0.15) is 59.4 Å². The normalized spacial score (nSPS) is 22.2. The van der Waals surface area contributed by atoms with E-state index in [0.717, 1.165) is 35.5 Å². The first-order chi connectivity index (χ1) is 15.5. The molecule has 3 aliphatic rings. The summed E-state index contributed by atoms with van der Waals surface area (Å²) in [4.78, 5) is 18.7. The highest BCUT2D eigenvalue weighted by Crippen LogP contribution is 2.44. The van der Waals surface area contributed by atoms with Gasteiger partial charge in [0.05, 0.1) is 33.7 Å². The summed E-state index contributed by atoms with van der Waals surface area (Å²) in [7, 11) is 3.49. The van der Waals surface area contributed by atoms with Gasteiger partial charge in [0, 0.05) is 25.6 Å². The van der Waals surface area contributed by atoms with Crippen molar-refractivity contribution < 1.29 is 4.79 Å². The Bertz CT molecular complexity index is 1150. The highest BCUT2D eigenvalue weighted by atomic mass is 35.5. The van der Waals surface area contributed by atoms with Crippen molar-refractivity contribution in [3.8, 4) is 6.07 Å². The number of anilines is 1. The number of amides is 1. The summed E-state index contributed by atoms with van der Waals surface area (Å²) in [5.41, 5.74) is 4.97. The fourth-order valence-corrected chi connectivity index (χ4v) is 5.73. The highest BCUT2D eigenvalue weighted by Gasteiger charge is 2.46. The second-order valence-electron chi connectivity index (χ2n) is 9.18. The molecule has 2 aliphatic carbocycles. The van der Waals surface area contributed by atoms with Gasteiger partial charge in [-0.15, -0.1) is 0 Å². The smallest absolute Gasteiger partial charge is 0.271 e. The van der Waals surface area contributed by atoms with Crippen LogP contribution in [0.5, 0.6) is 0 Å². The molecule has 7 heteroatoms. The van der Waals surface area contributed by atoms with Crippen molar-refractivity contribution >= 4 is 28.9 Å². The summed E-state index contributed by atoms with van der Waals surface area (Å²) in [5.74, 6) is 0.831. The van der Waals surface area contributed by atoms with Crippen LogP contribution in [0.2, 0.25) is 5.02 Å². The van der Waals surface area contributed by atoms with Crippen LogP contribution in [-0.4, -0.2) is 41.6 Å². The van der Waals surface area contributed by atoms with Crippen molar-refractivity contribution in [2.45, 2.75) is 44.6 Å². The number of halogens is 1. The lowest BCUT2D eigenvalue weighted by molar-refractivity contribution is 0.0821. The van der Waals surface area contributed by atoms with Crippen LogP contribution in [-0.2, 0) is 6.42 Å². The molecule has 0 radical (unpaired) electrons. The minimum Gasteiger partial charge on any atom is -0.343 e. The number of hydrazone groups is 1.